The predicted octanol–water partition coefficient (Wildman–Crippen LogP) is 2.77. The molecule has 5 rings (SSSR count). The summed E-state index contributed by atoms with van der Waals surface area (Å²) in [5.41, 5.74) is 5.23. The highest BCUT2D eigenvalue weighted by atomic mass is 16.2. The molecule has 1 unspecified atom stereocenters. The zero-order valence-electron chi connectivity index (χ0n) is 15.7. The normalized spacial score (nSPS) is 21.7. The summed E-state index contributed by atoms with van der Waals surface area (Å²) in [4.78, 5) is 26.6. The first-order chi connectivity index (χ1) is 13.3. The largest absolute Gasteiger partial charge is 0.355 e. The SMILES string of the molecule is O=C(C1CCN(c2ncnc3c2CCCC3)C1)N1CCc2ccccc2C1. The first-order valence-corrected chi connectivity index (χ1v) is 10.2. The predicted molar refractivity (Wildman–Crippen MR) is 105 cm³/mol. The number of amides is 1. The number of aromatic nitrogens is 2. The van der Waals surface area contributed by atoms with E-state index in [2.05, 4.69) is 44.0 Å². The minimum atomic E-state index is 0.0875. The Labute approximate surface area is 160 Å². The summed E-state index contributed by atoms with van der Waals surface area (Å²) in [7, 11) is 0. The Morgan fingerprint density at radius 2 is 1.85 bits per heavy atom. The van der Waals surface area contributed by atoms with Crippen molar-refractivity contribution in [3.8, 4) is 0 Å². The van der Waals surface area contributed by atoms with E-state index in [0.29, 0.717) is 5.91 Å². The summed E-state index contributed by atoms with van der Waals surface area (Å²) in [6.07, 6.45) is 8.18. The van der Waals surface area contributed by atoms with Crippen LogP contribution in [0, 0.1) is 5.92 Å². The summed E-state index contributed by atoms with van der Waals surface area (Å²) in [5, 5.41) is 0. The van der Waals surface area contributed by atoms with E-state index in [1.807, 2.05) is 0 Å². The second-order valence-electron chi connectivity index (χ2n) is 8.04. The van der Waals surface area contributed by atoms with Gasteiger partial charge in [0.15, 0.2) is 0 Å². The minimum absolute atomic E-state index is 0.0875. The van der Waals surface area contributed by atoms with Crippen LogP contribution in [0.5, 0.6) is 0 Å². The second kappa shape index (κ2) is 6.95. The Hall–Kier alpha value is -2.43. The number of aryl methyl sites for hydroxylation is 1. The third-order valence-electron chi connectivity index (χ3n) is 6.38. The number of benzene rings is 1. The van der Waals surface area contributed by atoms with Gasteiger partial charge in [0.05, 0.1) is 5.92 Å². The summed E-state index contributed by atoms with van der Waals surface area (Å²) in [6, 6.07) is 8.51. The monoisotopic (exact) mass is 362 g/mol. The smallest absolute Gasteiger partial charge is 0.227 e. The molecule has 27 heavy (non-hydrogen) atoms. The lowest BCUT2D eigenvalue weighted by atomic mass is 9.96. The summed E-state index contributed by atoms with van der Waals surface area (Å²) < 4.78 is 0. The van der Waals surface area contributed by atoms with Gasteiger partial charge in [0, 0.05) is 37.4 Å². The summed E-state index contributed by atoms with van der Waals surface area (Å²) in [6.45, 7) is 3.31. The van der Waals surface area contributed by atoms with Gasteiger partial charge in [-0.25, -0.2) is 9.97 Å². The summed E-state index contributed by atoms with van der Waals surface area (Å²) >= 11 is 0. The molecule has 1 aromatic carbocycles. The van der Waals surface area contributed by atoms with Gasteiger partial charge in [0.1, 0.15) is 12.1 Å². The van der Waals surface area contributed by atoms with Crippen molar-refractivity contribution in [1.29, 1.82) is 0 Å². The van der Waals surface area contributed by atoms with Gasteiger partial charge in [-0.15, -0.1) is 0 Å². The zero-order valence-corrected chi connectivity index (χ0v) is 15.7. The van der Waals surface area contributed by atoms with Crippen molar-refractivity contribution in [3.05, 3.63) is 53.0 Å². The molecule has 3 heterocycles. The number of fused-ring (bicyclic) bond motifs is 2. The molecule has 0 N–H and O–H groups in total. The molecule has 1 aliphatic carbocycles. The average Bonchev–Trinajstić information content (AvgIpc) is 3.22. The molecule has 1 aromatic heterocycles. The molecule has 0 saturated carbocycles. The van der Waals surface area contributed by atoms with Crippen molar-refractivity contribution >= 4 is 11.7 Å². The van der Waals surface area contributed by atoms with Gasteiger partial charge < -0.3 is 9.80 Å². The van der Waals surface area contributed by atoms with Crippen LogP contribution in [0.25, 0.3) is 0 Å². The highest BCUT2D eigenvalue weighted by molar-refractivity contribution is 5.80. The van der Waals surface area contributed by atoms with E-state index in [1.165, 1.54) is 35.2 Å². The van der Waals surface area contributed by atoms with Gasteiger partial charge in [0.2, 0.25) is 5.91 Å². The van der Waals surface area contributed by atoms with Gasteiger partial charge in [-0.1, -0.05) is 24.3 Å². The van der Waals surface area contributed by atoms with Crippen molar-refractivity contribution in [1.82, 2.24) is 14.9 Å². The van der Waals surface area contributed by atoms with Gasteiger partial charge in [-0.2, -0.15) is 0 Å². The molecule has 3 aliphatic rings. The Balaban J connectivity index is 1.30. The maximum Gasteiger partial charge on any atom is 0.227 e. The van der Waals surface area contributed by atoms with Crippen LogP contribution in [0.15, 0.2) is 30.6 Å². The van der Waals surface area contributed by atoms with E-state index in [-0.39, 0.29) is 5.92 Å². The van der Waals surface area contributed by atoms with E-state index >= 15 is 0 Å². The lowest BCUT2D eigenvalue weighted by molar-refractivity contribution is -0.135. The van der Waals surface area contributed by atoms with Crippen molar-refractivity contribution < 1.29 is 4.79 Å². The molecule has 1 atom stereocenters. The molecule has 0 radical (unpaired) electrons. The Kier molecular flexibility index (Phi) is 4.30. The molecular weight excluding hydrogens is 336 g/mol. The molecule has 1 fully saturated rings. The number of anilines is 1. The van der Waals surface area contributed by atoms with Gasteiger partial charge in [0.25, 0.3) is 0 Å². The fourth-order valence-corrected chi connectivity index (χ4v) is 4.87. The summed E-state index contributed by atoms with van der Waals surface area (Å²) in [5.74, 6) is 1.48. The Morgan fingerprint density at radius 3 is 2.78 bits per heavy atom. The standard InChI is InChI=1S/C22H26N4O/c27-22(26-12-9-16-5-1-2-6-17(16)13-26)18-10-11-25(14-18)21-19-7-3-4-8-20(19)23-15-24-21/h1-2,5-6,15,18H,3-4,7-14H2. The number of hydrogen-bond donors (Lipinski definition) is 0. The molecular formula is C22H26N4O. The number of hydrogen-bond acceptors (Lipinski definition) is 4. The first kappa shape index (κ1) is 16.7. The number of carbonyl (C=O) groups excluding carboxylic acids is 1. The average molecular weight is 362 g/mol. The van der Waals surface area contributed by atoms with Crippen LogP contribution in [0.3, 0.4) is 0 Å². The van der Waals surface area contributed by atoms with Crippen LogP contribution in [-0.4, -0.2) is 40.4 Å². The lowest BCUT2D eigenvalue weighted by Gasteiger charge is -2.31. The van der Waals surface area contributed by atoms with E-state index in [9.17, 15) is 4.79 Å². The molecule has 5 nitrogen and oxygen atoms in total. The molecule has 2 aliphatic heterocycles. The fraction of sp³-hybridized carbons (Fsp3) is 0.500. The maximum atomic E-state index is 13.1. The van der Waals surface area contributed by atoms with E-state index in [0.717, 1.165) is 57.7 Å². The highest BCUT2D eigenvalue weighted by Gasteiger charge is 2.34. The van der Waals surface area contributed by atoms with Crippen molar-refractivity contribution in [3.63, 3.8) is 0 Å². The quantitative estimate of drug-likeness (QED) is 0.824. The van der Waals surface area contributed by atoms with Gasteiger partial charge in [-0.05, 0) is 49.7 Å². The van der Waals surface area contributed by atoms with Crippen LogP contribution in [-0.2, 0) is 30.6 Å². The Morgan fingerprint density at radius 1 is 1.00 bits per heavy atom. The molecule has 5 heteroatoms. The first-order valence-electron chi connectivity index (χ1n) is 10.2. The zero-order chi connectivity index (χ0) is 18.2. The van der Waals surface area contributed by atoms with Crippen molar-refractivity contribution in [2.45, 2.75) is 45.1 Å². The van der Waals surface area contributed by atoms with Crippen molar-refractivity contribution in [2.75, 3.05) is 24.5 Å². The maximum absolute atomic E-state index is 13.1. The van der Waals surface area contributed by atoms with E-state index in [4.69, 9.17) is 0 Å². The fourth-order valence-electron chi connectivity index (χ4n) is 4.87. The third kappa shape index (κ3) is 3.09. The van der Waals surface area contributed by atoms with Crippen LogP contribution in [0.2, 0.25) is 0 Å². The van der Waals surface area contributed by atoms with Gasteiger partial charge >= 0.3 is 0 Å². The van der Waals surface area contributed by atoms with Gasteiger partial charge in [-0.3, -0.25) is 4.79 Å². The molecule has 140 valence electrons. The van der Waals surface area contributed by atoms with Crippen LogP contribution in [0.1, 0.15) is 41.6 Å². The molecule has 2 aromatic rings. The van der Waals surface area contributed by atoms with Crippen LogP contribution < -0.4 is 4.90 Å². The van der Waals surface area contributed by atoms with Crippen LogP contribution in [0.4, 0.5) is 5.82 Å². The molecule has 1 saturated heterocycles. The number of nitrogens with zero attached hydrogens (tertiary/aromatic N) is 4. The molecule has 0 spiro atoms. The number of carbonyl (C=O) groups is 1. The topological polar surface area (TPSA) is 49.3 Å². The molecule has 0 bridgehead atoms. The van der Waals surface area contributed by atoms with Crippen molar-refractivity contribution in [2.24, 2.45) is 5.92 Å². The van der Waals surface area contributed by atoms with E-state index < -0.39 is 0 Å². The van der Waals surface area contributed by atoms with Crippen LogP contribution >= 0.6 is 0 Å². The highest BCUT2D eigenvalue weighted by Crippen LogP contribution is 2.31. The van der Waals surface area contributed by atoms with E-state index in [1.54, 1.807) is 6.33 Å². The molecule has 1 amide bonds. The lowest BCUT2D eigenvalue weighted by Crippen LogP contribution is -2.40. The second-order valence-corrected chi connectivity index (χ2v) is 8.04. The third-order valence-corrected chi connectivity index (χ3v) is 6.38. The Bertz CT molecular complexity index is 865. The number of rotatable bonds is 2. The minimum Gasteiger partial charge on any atom is -0.355 e.